The Kier molecular flexibility index (Phi) is 7.48. The standard InChI is InChI=1S/C12H21N3O6/c1-20-6-4-13-10(16)2-3-14-12(19)15-5-7-21-9(8-15)11(17)18/h9H,2-8H2,1H3,(H,13,16)(H,14,19)(H,17,18). The van der Waals surface area contributed by atoms with Crippen molar-refractivity contribution in [2.45, 2.75) is 12.5 Å². The zero-order chi connectivity index (χ0) is 15.7. The second-order valence-corrected chi connectivity index (χ2v) is 4.47. The Hall–Kier alpha value is -1.87. The van der Waals surface area contributed by atoms with Gasteiger partial charge in [0.1, 0.15) is 0 Å². The molecule has 1 aliphatic heterocycles. The number of carboxylic acid groups (broad SMARTS) is 1. The number of nitrogens with zero attached hydrogens (tertiary/aromatic N) is 1. The van der Waals surface area contributed by atoms with Gasteiger partial charge in [0.25, 0.3) is 0 Å². The average Bonchev–Trinajstić information content (AvgIpc) is 2.47. The number of carboxylic acids is 1. The molecule has 0 radical (unpaired) electrons. The first kappa shape index (κ1) is 17.2. The number of aliphatic carboxylic acids is 1. The molecule has 0 spiro atoms. The van der Waals surface area contributed by atoms with E-state index in [-0.39, 0.29) is 32.0 Å². The largest absolute Gasteiger partial charge is 0.479 e. The number of urea groups is 1. The maximum atomic E-state index is 11.8. The summed E-state index contributed by atoms with van der Waals surface area (Å²) in [7, 11) is 1.54. The maximum absolute atomic E-state index is 11.8. The van der Waals surface area contributed by atoms with E-state index in [0.717, 1.165) is 0 Å². The van der Waals surface area contributed by atoms with Crippen LogP contribution < -0.4 is 10.6 Å². The lowest BCUT2D eigenvalue weighted by atomic mass is 10.3. The molecule has 1 atom stereocenters. The number of hydrogen-bond acceptors (Lipinski definition) is 5. The van der Waals surface area contributed by atoms with Gasteiger partial charge in [0, 0.05) is 33.2 Å². The van der Waals surface area contributed by atoms with Crippen LogP contribution in [-0.2, 0) is 19.1 Å². The van der Waals surface area contributed by atoms with Crippen LogP contribution in [0.5, 0.6) is 0 Å². The number of rotatable bonds is 7. The molecular weight excluding hydrogens is 282 g/mol. The Morgan fingerprint density at radius 1 is 1.33 bits per heavy atom. The molecule has 1 saturated heterocycles. The fourth-order valence-corrected chi connectivity index (χ4v) is 1.76. The van der Waals surface area contributed by atoms with Crippen LogP contribution >= 0.6 is 0 Å². The van der Waals surface area contributed by atoms with Gasteiger partial charge in [-0.25, -0.2) is 9.59 Å². The maximum Gasteiger partial charge on any atom is 0.334 e. The Balaban J connectivity index is 2.21. The van der Waals surface area contributed by atoms with Gasteiger partial charge < -0.3 is 30.1 Å². The molecule has 1 aliphatic rings. The van der Waals surface area contributed by atoms with Crippen molar-refractivity contribution >= 4 is 17.9 Å². The fraction of sp³-hybridized carbons (Fsp3) is 0.750. The molecule has 21 heavy (non-hydrogen) atoms. The number of methoxy groups -OCH3 is 1. The summed E-state index contributed by atoms with van der Waals surface area (Å²) >= 11 is 0. The molecule has 3 amide bonds. The lowest BCUT2D eigenvalue weighted by Crippen LogP contribution is -2.52. The van der Waals surface area contributed by atoms with E-state index in [1.54, 1.807) is 7.11 Å². The molecule has 0 aromatic carbocycles. The molecule has 0 aromatic rings. The molecule has 0 bridgehead atoms. The molecule has 1 fully saturated rings. The zero-order valence-corrected chi connectivity index (χ0v) is 12.0. The molecule has 1 unspecified atom stereocenters. The van der Waals surface area contributed by atoms with Gasteiger partial charge in [-0.05, 0) is 0 Å². The second kappa shape index (κ2) is 9.14. The SMILES string of the molecule is COCCNC(=O)CCNC(=O)N1CCOC(C(=O)O)C1. The molecule has 0 aliphatic carbocycles. The Labute approximate surface area is 122 Å². The number of amides is 3. The average molecular weight is 303 g/mol. The first-order valence-corrected chi connectivity index (χ1v) is 6.67. The predicted molar refractivity (Wildman–Crippen MR) is 71.9 cm³/mol. The normalized spacial score (nSPS) is 18.1. The summed E-state index contributed by atoms with van der Waals surface area (Å²) in [5.41, 5.74) is 0. The summed E-state index contributed by atoms with van der Waals surface area (Å²) in [6, 6.07) is -0.394. The molecule has 1 rings (SSSR count). The fourth-order valence-electron chi connectivity index (χ4n) is 1.76. The van der Waals surface area contributed by atoms with Crippen LogP contribution in [0.4, 0.5) is 4.79 Å². The minimum absolute atomic E-state index is 0.00119. The molecule has 0 aromatic heterocycles. The molecular formula is C12H21N3O6. The van der Waals surface area contributed by atoms with Crippen LogP contribution in [0.2, 0.25) is 0 Å². The van der Waals surface area contributed by atoms with Crippen molar-refractivity contribution in [1.29, 1.82) is 0 Å². The van der Waals surface area contributed by atoms with Crippen LogP contribution in [0.15, 0.2) is 0 Å². The van der Waals surface area contributed by atoms with Gasteiger partial charge in [-0.2, -0.15) is 0 Å². The van der Waals surface area contributed by atoms with E-state index in [1.165, 1.54) is 4.90 Å². The summed E-state index contributed by atoms with van der Waals surface area (Å²) in [6.07, 6.45) is -0.843. The number of carbonyl (C=O) groups is 3. The van der Waals surface area contributed by atoms with Crippen molar-refractivity contribution in [3.63, 3.8) is 0 Å². The van der Waals surface area contributed by atoms with Gasteiger partial charge in [-0.15, -0.1) is 0 Å². The van der Waals surface area contributed by atoms with Crippen LogP contribution in [0.1, 0.15) is 6.42 Å². The van der Waals surface area contributed by atoms with Crippen molar-refractivity contribution in [3.8, 4) is 0 Å². The van der Waals surface area contributed by atoms with Crippen LogP contribution in [0.3, 0.4) is 0 Å². The molecule has 0 saturated carbocycles. The highest BCUT2D eigenvalue weighted by Gasteiger charge is 2.28. The smallest absolute Gasteiger partial charge is 0.334 e. The number of ether oxygens (including phenoxy) is 2. The van der Waals surface area contributed by atoms with Crippen LogP contribution in [0.25, 0.3) is 0 Å². The lowest BCUT2D eigenvalue weighted by Gasteiger charge is -2.30. The van der Waals surface area contributed by atoms with E-state index < -0.39 is 18.1 Å². The van der Waals surface area contributed by atoms with Gasteiger partial charge >= 0.3 is 12.0 Å². The lowest BCUT2D eigenvalue weighted by molar-refractivity contribution is -0.154. The highest BCUT2D eigenvalue weighted by molar-refractivity contribution is 5.79. The van der Waals surface area contributed by atoms with Gasteiger partial charge in [0.15, 0.2) is 6.10 Å². The van der Waals surface area contributed by atoms with E-state index in [4.69, 9.17) is 14.6 Å². The highest BCUT2D eigenvalue weighted by atomic mass is 16.5. The summed E-state index contributed by atoms with van der Waals surface area (Å²) in [5, 5.41) is 14.1. The van der Waals surface area contributed by atoms with Gasteiger partial charge in [0.05, 0.1) is 19.8 Å². The van der Waals surface area contributed by atoms with Gasteiger partial charge in [-0.3, -0.25) is 4.79 Å². The van der Waals surface area contributed by atoms with E-state index >= 15 is 0 Å². The zero-order valence-electron chi connectivity index (χ0n) is 12.0. The Morgan fingerprint density at radius 3 is 2.76 bits per heavy atom. The van der Waals surface area contributed by atoms with E-state index in [1.807, 2.05) is 0 Å². The van der Waals surface area contributed by atoms with E-state index in [2.05, 4.69) is 10.6 Å². The minimum Gasteiger partial charge on any atom is -0.479 e. The number of hydrogen-bond donors (Lipinski definition) is 3. The third-order valence-corrected chi connectivity index (χ3v) is 2.89. The summed E-state index contributed by atoms with van der Waals surface area (Å²) < 4.78 is 9.81. The van der Waals surface area contributed by atoms with Crippen LogP contribution in [0, 0.1) is 0 Å². The van der Waals surface area contributed by atoms with Crippen molar-refractivity contribution in [2.24, 2.45) is 0 Å². The minimum atomic E-state index is -1.09. The Morgan fingerprint density at radius 2 is 2.10 bits per heavy atom. The summed E-state index contributed by atoms with van der Waals surface area (Å²) in [5.74, 6) is -1.28. The topological polar surface area (TPSA) is 117 Å². The molecule has 9 nitrogen and oxygen atoms in total. The van der Waals surface area contributed by atoms with E-state index in [9.17, 15) is 14.4 Å². The second-order valence-electron chi connectivity index (χ2n) is 4.47. The first-order chi connectivity index (χ1) is 10.0. The van der Waals surface area contributed by atoms with Gasteiger partial charge in [-0.1, -0.05) is 0 Å². The number of carbonyl (C=O) groups excluding carboxylic acids is 2. The molecule has 120 valence electrons. The highest BCUT2D eigenvalue weighted by Crippen LogP contribution is 2.05. The van der Waals surface area contributed by atoms with Crippen molar-refractivity contribution in [2.75, 3.05) is 46.5 Å². The first-order valence-electron chi connectivity index (χ1n) is 6.67. The molecule has 3 N–H and O–H groups in total. The van der Waals surface area contributed by atoms with Gasteiger partial charge in [0.2, 0.25) is 5.91 Å². The summed E-state index contributed by atoms with van der Waals surface area (Å²) in [6.45, 7) is 1.56. The quantitative estimate of drug-likeness (QED) is 0.500. The van der Waals surface area contributed by atoms with Crippen molar-refractivity contribution < 1.29 is 29.0 Å². The molecule has 1 heterocycles. The van der Waals surface area contributed by atoms with Crippen LogP contribution in [-0.4, -0.2) is 80.5 Å². The van der Waals surface area contributed by atoms with E-state index in [0.29, 0.717) is 19.7 Å². The third kappa shape index (κ3) is 6.41. The summed E-state index contributed by atoms with van der Waals surface area (Å²) in [4.78, 5) is 35.4. The van der Waals surface area contributed by atoms with Crippen molar-refractivity contribution in [3.05, 3.63) is 0 Å². The monoisotopic (exact) mass is 303 g/mol. The predicted octanol–water partition coefficient (Wildman–Crippen LogP) is -1.37. The Bertz CT molecular complexity index is 376. The number of nitrogens with one attached hydrogen (secondary N) is 2. The third-order valence-electron chi connectivity index (χ3n) is 2.89. The van der Waals surface area contributed by atoms with Crippen molar-refractivity contribution in [1.82, 2.24) is 15.5 Å². The molecule has 9 heteroatoms. The number of morpholine rings is 1.